The SMILES string of the molecule is C#CCNC(=O)C(C)Sc1cccc(C(C)NCC)c1. The minimum Gasteiger partial charge on any atom is -0.344 e. The average Bonchev–Trinajstić information content (AvgIpc) is 2.45. The zero-order valence-corrected chi connectivity index (χ0v) is 13.1. The Balaban J connectivity index is 2.66. The molecule has 0 aliphatic carbocycles. The lowest BCUT2D eigenvalue weighted by atomic mass is 10.1. The van der Waals surface area contributed by atoms with E-state index in [1.165, 1.54) is 5.56 Å². The van der Waals surface area contributed by atoms with Gasteiger partial charge in [-0.1, -0.05) is 25.0 Å². The predicted molar refractivity (Wildman–Crippen MR) is 85.7 cm³/mol. The van der Waals surface area contributed by atoms with Crippen LogP contribution >= 0.6 is 11.8 Å². The van der Waals surface area contributed by atoms with Crippen molar-refractivity contribution < 1.29 is 4.79 Å². The highest BCUT2D eigenvalue weighted by Gasteiger charge is 2.14. The van der Waals surface area contributed by atoms with E-state index in [4.69, 9.17) is 6.42 Å². The molecule has 1 rings (SSSR count). The first-order valence-electron chi connectivity index (χ1n) is 6.79. The minimum atomic E-state index is -0.159. The summed E-state index contributed by atoms with van der Waals surface area (Å²) in [4.78, 5) is 12.9. The van der Waals surface area contributed by atoms with Gasteiger partial charge >= 0.3 is 0 Å². The normalized spacial score (nSPS) is 13.3. The van der Waals surface area contributed by atoms with Crippen molar-refractivity contribution in [2.24, 2.45) is 0 Å². The number of carbonyl (C=O) groups excluding carboxylic acids is 1. The lowest BCUT2D eigenvalue weighted by molar-refractivity contribution is -0.120. The summed E-state index contributed by atoms with van der Waals surface area (Å²) >= 11 is 1.54. The second-order valence-electron chi connectivity index (χ2n) is 4.53. The summed E-state index contributed by atoms with van der Waals surface area (Å²) in [5.41, 5.74) is 1.23. The van der Waals surface area contributed by atoms with Crippen LogP contribution in [-0.4, -0.2) is 24.2 Å². The lowest BCUT2D eigenvalue weighted by Crippen LogP contribution is -2.31. The van der Waals surface area contributed by atoms with Gasteiger partial charge in [0, 0.05) is 10.9 Å². The number of rotatable bonds is 7. The number of carbonyl (C=O) groups is 1. The Morgan fingerprint density at radius 1 is 1.45 bits per heavy atom. The summed E-state index contributed by atoms with van der Waals surface area (Å²) in [6.07, 6.45) is 5.13. The van der Waals surface area contributed by atoms with E-state index in [2.05, 4.69) is 42.5 Å². The summed E-state index contributed by atoms with van der Waals surface area (Å²) in [5.74, 6) is 2.38. The van der Waals surface area contributed by atoms with Crippen molar-refractivity contribution in [3.63, 3.8) is 0 Å². The Labute approximate surface area is 125 Å². The molecule has 1 aromatic carbocycles. The Morgan fingerprint density at radius 2 is 2.20 bits per heavy atom. The van der Waals surface area contributed by atoms with Crippen LogP contribution < -0.4 is 10.6 Å². The molecule has 2 unspecified atom stereocenters. The first-order valence-corrected chi connectivity index (χ1v) is 7.67. The third-order valence-electron chi connectivity index (χ3n) is 2.92. The molecule has 4 heteroatoms. The molecule has 1 aromatic rings. The number of terminal acetylenes is 1. The molecule has 0 spiro atoms. The van der Waals surface area contributed by atoms with Gasteiger partial charge in [-0.15, -0.1) is 18.2 Å². The van der Waals surface area contributed by atoms with E-state index >= 15 is 0 Å². The van der Waals surface area contributed by atoms with E-state index in [9.17, 15) is 4.79 Å². The summed E-state index contributed by atoms with van der Waals surface area (Å²) in [6.45, 7) is 7.32. The Morgan fingerprint density at radius 3 is 2.85 bits per heavy atom. The molecule has 0 aromatic heterocycles. The number of hydrogen-bond donors (Lipinski definition) is 2. The largest absolute Gasteiger partial charge is 0.344 e. The van der Waals surface area contributed by atoms with Crippen LogP contribution in [0.25, 0.3) is 0 Å². The van der Waals surface area contributed by atoms with Crippen molar-refractivity contribution in [3.05, 3.63) is 29.8 Å². The van der Waals surface area contributed by atoms with Crippen LogP contribution in [0.3, 0.4) is 0 Å². The molecule has 108 valence electrons. The van der Waals surface area contributed by atoms with Crippen LogP contribution in [-0.2, 0) is 4.79 Å². The van der Waals surface area contributed by atoms with Gasteiger partial charge < -0.3 is 10.6 Å². The Kier molecular flexibility index (Phi) is 7.21. The summed E-state index contributed by atoms with van der Waals surface area (Å²) in [7, 11) is 0. The number of thioether (sulfide) groups is 1. The van der Waals surface area contributed by atoms with E-state index in [1.807, 2.05) is 19.1 Å². The molecule has 0 bridgehead atoms. The molecule has 0 radical (unpaired) electrons. The van der Waals surface area contributed by atoms with Crippen molar-refractivity contribution in [3.8, 4) is 12.3 Å². The second kappa shape index (κ2) is 8.68. The van der Waals surface area contributed by atoms with Crippen LogP contribution in [0.15, 0.2) is 29.2 Å². The fraction of sp³-hybridized carbons (Fsp3) is 0.438. The molecule has 0 fully saturated rings. The first kappa shape index (κ1) is 16.6. The van der Waals surface area contributed by atoms with Gasteiger partial charge in [0.05, 0.1) is 11.8 Å². The minimum absolute atomic E-state index is 0.0296. The second-order valence-corrected chi connectivity index (χ2v) is 5.95. The highest BCUT2D eigenvalue weighted by molar-refractivity contribution is 8.00. The van der Waals surface area contributed by atoms with Gasteiger partial charge in [-0.25, -0.2) is 0 Å². The van der Waals surface area contributed by atoms with Gasteiger partial charge in [-0.05, 0) is 38.1 Å². The molecular formula is C16H22N2OS. The first-order chi connectivity index (χ1) is 9.58. The summed E-state index contributed by atoms with van der Waals surface area (Å²) in [6, 6.07) is 8.59. The summed E-state index contributed by atoms with van der Waals surface area (Å²) in [5, 5.41) is 5.92. The standard InChI is InChI=1S/C16H22N2OS/c1-5-10-18-16(19)13(4)20-15-9-7-8-14(11-15)12(3)17-6-2/h1,7-9,11-13,17H,6,10H2,2-4H3,(H,18,19). The number of hydrogen-bond acceptors (Lipinski definition) is 3. The monoisotopic (exact) mass is 290 g/mol. The molecule has 0 saturated heterocycles. The molecule has 2 N–H and O–H groups in total. The Bertz CT molecular complexity index is 482. The molecule has 0 aliphatic heterocycles. The zero-order valence-electron chi connectivity index (χ0n) is 12.3. The van der Waals surface area contributed by atoms with E-state index in [0.29, 0.717) is 6.04 Å². The molecule has 1 amide bonds. The smallest absolute Gasteiger partial charge is 0.233 e. The van der Waals surface area contributed by atoms with Gasteiger partial charge in [0.15, 0.2) is 0 Å². The zero-order chi connectivity index (χ0) is 15.0. The van der Waals surface area contributed by atoms with Crippen LogP contribution in [0.5, 0.6) is 0 Å². The van der Waals surface area contributed by atoms with Crippen molar-refractivity contribution in [2.75, 3.05) is 13.1 Å². The van der Waals surface area contributed by atoms with Crippen molar-refractivity contribution in [1.29, 1.82) is 0 Å². The molecular weight excluding hydrogens is 268 g/mol. The molecule has 0 saturated carbocycles. The van der Waals surface area contributed by atoms with E-state index < -0.39 is 0 Å². The van der Waals surface area contributed by atoms with Crippen LogP contribution in [0, 0.1) is 12.3 Å². The van der Waals surface area contributed by atoms with Gasteiger partial charge in [-0.3, -0.25) is 4.79 Å². The van der Waals surface area contributed by atoms with Crippen LogP contribution in [0.2, 0.25) is 0 Å². The number of nitrogens with one attached hydrogen (secondary N) is 2. The molecule has 0 heterocycles. The quantitative estimate of drug-likeness (QED) is 0.599. The fourth-order valence-electron chi connectivity index (χ4n) is 1.82. The molecule has 0 aliphatic rings. The lowest BCUT2D eigenvalue weighted by Gasteiger charge is -2.15. The van der Waals surface area contributed by atoms with E-state index in [0.717, 1.165) is 11.4 Å². The third-order valence-corrected chi connectivity index (χ3v) is 4.01. The maximum absolute atomic E-state index is 11.8. The number of benzene rings is 1. The van der Waals surface area contributed by atoms with Gasteiger partial charge in [0.1, 0.15) is 0 Å². The predicted octanol–water partition coefficient (Wildman–Crippen LogP) is 2.59. The number of amides is 1. The van der Waals surface area contributed by atoms with Crippen LogP contribution in [0.1, 0.15) is 32.4 Å². The van der Waals surface area contributed by atoms with Gasteiger partial charge in [0.25, 0.3) is 0 Å². The van der Waals surface area contributed by atoms with Gasteiger partial charge in [-0.2, -0.15) is 0 Å². The molecule has 3 nitrogen and oxygen atoms in total. The fourth-order valence-corrected chi connectivity index (χ4v) is 2.78. The highest BCUT2D eigenvalue weighted by atomic mass is 32.2. The average molecular weight is 290 g/mol. The van der Waals surface area contributed by atoms with E-state index in [1.54, 1.807) is 11.8 Å². The topological polar surface area (TPSA) is 41.1 Å². The highest BCUT2D eigenvalue weighted by Crippen LogP contribution is 2.26. The van der Waals surface area contributed by atoms with Crippen molar-refractivity contribution in [1.82, 2.24) is 10.6 Å². The molecule has 2 atom stereocenters. The maximum atomic E-state index is 11.8. The third kappa shape index (κ3) is 5.28. The van der Waals surface area contributed by atoms with Crippen molar-refractivity contribution >= 4 is 17.7 Å². The Hall–Kier alpha value is -1.44. The van der Waals surface area contributed by atoms with Crippen LogP contribution in [0.4, 0.5) is 0 Å². The summed E-state index contributed by atoms with van der Waals surface area (Å²) < 4.78 is 0. The maximum Gasteiger partial charge on any atom is 0.233 e. The van der Waals surface area contributed by atoms with Crippen molar-refractivity contribution in [2.45, 2.75) is 37.0 Å². The van der Waals surface area contributed by atoms with E-state index in [-0.39, 0.29) is 17.7 Å². The molecule has 20 heavy (non-hydrogen) atoms. The van der Waals surface area contributed by atoms with Gasteiger partial charge in [0.2, 0.25) is 5.91 Å².